The van der Waals surface area contributed by atoms with Crippen LogP contribution in [0.4, 0.5) is 4.39 Å². The average molecular weight is 204 g/mol. The number of carbonyl (C=O) groups excluding carboxylic acids is 1. The van der Waals surface area contributed by atoms with Gasteiger partial charge in [-0.15, -0.1) is 0 Å². The monoisotopic (exact) mass is 204 g/mol. The maximum atomic E-state index is 13.4. The number of aryl methyl sites for hydroxylation is 1. The van der Waals surface area contributed by atoms with Gasteiger partial charge in [-0.2, -0.15) is 5.10 Å². The molecule has 0 radical (unpaired) electrons. The zero-order valence-corrected chi connectivity index (χ0v) is 8.14. The largest absolute Gasteiger partial charge is 0.298 e. The molecule has 15 heavy (non-hydrogen) atoms. The van der Waals surface area contributed by atoms with Crippen molar-refractivity contribution in [3.63, 3.8) is 0 Å². The van der Waals surface area contributed by atoms with E-state index in [0.29, 0.717) is 23.1 Å². The van der Waals surface area contributed by atoms with Crippen LogP contribution in [0.1, 0.15) is 10.4 Å². The van der Waals surface area contributed by atoms with Gasteiger partial charge in [-0.1, -0.05) is 12.1 Å². The second kappa shape index (κ2) is 3.65. The van der Waals surface area contributed by atoms with Gasteiger partial charge in [0.25, 0.3) is 0 Å². The molecule has 0 saturated carbocycles. The van der Waals surface area contributed by atoms with E-state index in [1.54, 1.807) is 31.4 Å². The SMILES string of the molecule is Cn1cc(C=O)c(-c2ccccc2F)n1. The van der Waals surface area contributed by atoms with E-state index >= 15 is 0 Å². The van der Waals surface area contributed by atoms with Crippen LogP contribution in [-0.2, 0) is 7.05 Å². The lowest BCUT2D eigenvalue weighted by Crippen LogP contribution is -1.90. The lowest BCUT2D eigenvalue weighted by atomic mass is 10.1. The van der Waals surface area contributed by atoms with E-state index in [4.69, 9.17) is 0 Å². The van der Waals surface area contributed by atoms with E-state index in [9.17, 15) is 9.18 Å². The molecule has 0 spiro atoms. The Balaban J connectivity index is 2.63. The fourth-order valence-corrected chi connectivity index (χ4v) is 1.46. The molecular formula is C11H9FN2O. The van der Waals surface area contributed by atoms with Crippen molar-refractivity contribution in [2.24, 2.45) is 7.05 Å². The highest BCUT2D eigenvalue weighted by Gasteiger charge is 2.12. The van der Waals surface area contributed by atoms with Gasteiger partial charge in [0.15, 0.2) is 6.29 Å². The molecule has 3 nitrogen and oxygen atoms in total. The fourth-order valence-electron chi connectivity index (χ4n) is 1.46. The van der Waals surface area contributed by atoms with Gasteiger partial charge in [0.1, 0.15) is 11.5 Å². The van der Waals surface area contributed by atoms with Crippen LogP contribution in [0.25, 0.3) is 11.3 Å². The van der Waals surface area contributed by atoms with Gasteiger partial charge in [-0.25, -0.2) is 4.39 Å². The van der Waals surface area contributed by atoms with E-state index in [2.05, 4.69) is 5.10 Å². The zero-order chi connectivity index (χ0) is 10.8. The standard InChI is InChI=1S/C11H9FN2O/c1-14-6-8(7-15)11(13-14)9-4-2-3-5-10(9)12/h2-7H,1H3. The van der Waals surface area contributed by atoms with Crippen molar-refractivity contribution in [3.05, 3.63) is 41.8 Å². The number of carbonyl (C=O) groups is 1. The van der Waals surface area contributed by atoms with Crippen LogP contribution in [0.3, 0.4) is 0 Å². The van der Waals surface area contributed by atoms with Gasteiger partial charge < -0.3 is 0 Å². The highest BCUT2D eigenvalue weighted by molar-refractivity contribution is 5.85. The highest BCUT2D eigenvalue weighted by Crippen LogP contribution is 2.23. The molecule has 0 bridgehead atoms. The van der Waals surface area contributed by atoms with Crippen molar-refractivity contribution in [1.82, 2.24) is 9.78 Å². The summed E-state index contributed by atoms with van der Waals surface area (Å²) < 4.78 is 14.9. The van der Waals surface area contributed by atoms with E-state index in [1.807, 2.05) is 0 Å². The third kappa shape index (κ3) is 1.66. The van der Waals surface area contributed by atoms with Gasteiger partial charge in [0, 0.05) is 18.8 Å². The minimum absolute atomic E-state index is 0.347. The molecule has 2 aromatic rings. The molecule has 0 aliphatic carbocycles. The van der Waals surface area contributed by atoms with Crippen molar-refractivity contribution in [3.8, 4) is 11.3 Å². The third-order valence-electron chi connectivity index (χ3n) is 2.11. The molecule has 0 saturated heterocycles. The first-order valence-electron chi connectivity index (χ1n) is 4.46. The number of hydrogen-bond acceptors (Lipinski definition) is 2. The normalized spacial score (nSPS) is 10.3. The molecule has 1 aromatic carbocycles. The minimum atomic E-state index is -0.376. The average Bonchev–Trinajstić information content (AvgIpc) is 2.60. The van der Waals surface area contributed by atoms with Crippen LogP contribution >= 0.6 is 0 Å². The van der Waals surface area contributed by atoms with Crippen LogP contribution in [0.5, 0.6) is 0 Å². The topological polar surface area (TPSA) is 34.9 Å². The summed E-state index contributed by atoms with van der Waals surface area (Å²) in [6.45, 7) is 0. The summed E-state index contributed by atoms with van der Waals surface area (Å²) in [6.07, 6.45) is 2.24. The Morgan fingerprint density at radius 1 is 1.40 bits per heavy atom. The van der Waals surface area contributed by atoms with Gasteiger partial charge in [0.2, 0.25) is 0 Å². The van der Waals surface area contributed by atoms with Crippen molar-refractivity contribution in [2.75, 3.05) is 0 Å². The number of nitrogens with zero attached hydrogens (tertiary/aromatic N) is 2. The summed E-state index contributed by atoms with van der Waals surface area (Å²) in [6, 6.07) is 6.26. The summed E-state index contributed by atoms with van der Waals surface area (Å²) in [5.41, 5.74) is 1.12. The Labute approximate surface area is 86.2 Å². The van der Waals surface area contributed by atoms with Crippen molar-refractivity contribution < 1.29 is 9.18 Å². The summed E-state index contributed by atoms with van der Waals surface area (Å²) in [7, 11) is 1.69. The molecule has 2 rings (SSSR count). The van der Waals surface area contributed by atoms with Crippen molar-refractivity contribution in [2.45, 2.75) is 0 Å². The molecule has 0 aliphatic rings. The number of hydrogen-bond donors (Lipinski definition) is 0. The summed E-state index contributed by atoms with van der Waals surface area (Å²) >= 11 is 0. The summed E-state index contributed by atoms with van der Waals surface area (Å²) in [5, 5.41) is 4.06. The second-order valence-corrected chi connectivity index (χ2v) is 3.20. The van der Waals surface area contributed by atoms with Gasteiger partial charge in [0.05, 0.1) is 5.56 Å². The smallest absolute Gasteiger partial charge is 0.153 e. The first-order chi connectivity index (χ1) is 7.22. The van der Waals surface area contributed by atoms with E-state index in [1.165, 1.54) is 10.7 Å². The Bertz CT molecular complexity index is 505. The van der Waals surface area contributed by atoms with Gasteiger partial charge in [-0.05, 0) is 12.1 Å². The van der Waals surface area contributed by atoms with Crippen molar-refractivity contribution >= 4 is 6.29 Å². The minimum Gasteiger partial charge on any atom is -0.298 e. The molecule has 0 amide bonds. The second-order valence-electron chi connectivity index (χ2n) is 3.20. The highest BCUT2D eigenvalue weighted by atomic mass is 19.1. The lowest BCUT2D eigenvalue weighted by molar-refractivity contribution is 0.112. The molecule has 76 valence electrons. The molecule has 4 heteroatoms. The molecule has 0 N–H and O–H groups in total. The Kier molecular flexibility index (Phi) is 2.33. The number of halogens is 1. The first-order valence-corrected chi connectivity index (χ1v) is 4.46. The van der Waals surface area contributed by atoms with Crippen LogP contribution in [0.15, 0.2) is 30.5 Å². The summed E-state index contributed by atoms with van der Waals surface area (Å²) in [4.78, 5) is 10.7. The predicted octanol–water partition coefficient (Wildman–Crippen LogP) is 2.04. The number of aldehydes is 1. The number of rotatable bonds is 2. The van der Waals surface area contributed by atoms with E-state index in [-0.39, 0.29) is 5.82 Å². The molecule has 0 aliphatic heterocycles. The van der Waals surface area contributed by atoms with Crippen molar-refractivity contribution in [1.29, 1.82) is 0 Å². The summed E-state index contributed by atoms with van der Waals surface area (Å²) in [5.74, 6) is -0.376. The first kappa shape index (κ1) is 9.58. The van der Waals surface area contributed by atoms with Gasteiger partial charge >= 0.3 is 0 Å². The van der Waals surface area contributed by atoms with E-state index < -0.39 is 0 Å². The zero-order valence-electron chi connectivity index (χ0n) is 8.14. The predicted molar refractivity (Wildman–Crippen MR) is 54.0 cm³/mol. The third-order valence-corrected chi connectivity index (χ3v) is 2.11. The lowest BCUT2D eigenvalue weighted by Gasteiger charge is -1.98. The Hall–Kier alpha value is -1.97. The van der Waals surface area contributed by atoms with Gasteiger partial charge in [-0.3, -0.25) is 9.48 Å². The quantitative estimate of drug-likeness (QED) is 0.701. The maximum Gasteiger partial charge on any atom is 0.153 e. The molecule has 0 unspecified atom stereocenters. The maximum absolute atomic E-state index is 13.4. The number of benzene rings is 1. The molecule has 1 aromatic heterocycles. The van der Waals surface area contributed by atoms with Crippen LogP contribution in [0.2, 0.25) is 0 Å². The molecular weight excluding hydrogens is 195 g/mol. The Morgan fingerprint density at radius 2 is 2.13 bits per heavy atom. The molecule has 0 atom stereocenters. The molecule has 1 heterocycles. The number of aromatic nitrogens is 2. The van der Waals surface area contributed by atoms with Crippen LogP contribution in [-0.4, -0.2) is 16.1 Å². The molecule has 0 fully saturated rings. The van der Waals surface area contributed by atoms with E-state index in [0.717, 1.165) is 0 Å². The fraction of sp³-hybridized carbons (Fsp3) is 0.0909. The van der Waals surface area contributed by atoms with Crippen LogP contribution < -0.4 is 0 Å². The van der Waals surface area contributed by atoms with Crippen LogP contribution in [0, 0.1) is 5.82 Å². The Morgan fingerprint density at radius 3 is 2.80 bits per heavy atom.